The Balaban J connectivity index is 2.90. The van der Waals surface area contributed by atoms with E-state index in [4.69, 9.17) is 10.9 Å². The van der Waals surface area contributed by atoms with E-state index in [-0.39, 0.29) is 17.1 Å². The van der Waals surface area contributed by atoms with Crippen molar-refractivity contribution in [3.05, 3.63) is 29.6 Å². The number of phenolic OH excluding ortho intramolecular Hbond substituents is 1. The Labute approximate surface area is 109 Å². The highest BCUT2D eigenvalue weighted by Crippen LogP contribution is 2.18. The number of carbonyl (C=O) groups is 1. The van der Waals surface area contributed by atoms with Crippen molar-refractivity contribution in [3.63, 3.8) is 0 Å². The SMILES string of the molecule is CCCC(NC(=O)c1cc(F)ccc1O)/C(N)=N/O. The molecule has 1 aromatic rings. The number of hydrogen-bond donors (Lipinski definition) is 4. The van der Waals surface area contributed by atoms with Gasteiger partial charge in [0.2, 0.25) is 0 Å². The van der Waals surface area contributed by atoms with Gasteiger partial charge in [0, 0.05) is 0 Å². The molecule has 0 saturated heterocycles. The molecule has 5 N–H and O–H groups in total. The fraction of sp³-hybridized carbons (Fsp3) is 0.333. The first-order valence-electron chi connectivity index (χ1n) is 5.76. The molecule has 0 aromatic heterocycles. The molecule has 0 spiro atoms. The molecule has 0 fully saturated rings. The molecule has 1 unspecified atom stereocenters. The second-order valence-corrected chi connectivity index (χ2v) is 4.00. The van der Waals surface area contributed by atoms with Crippen LogP contribution >= 0.6 is 0 Å². The van der Waals surface area contributed by atoms with E-state index >= 15 is 0 Å². The van der Waals surface area contributed by atoms with E-state index in [1.165, 1.54) is 0 Å². The minimum Gasteiger partial charge on any atom is -0.507 e. The molecule has 0 aliphatic carbocycles. The largest absolute Gasteiger partial charge is 0.507 e. The zero-order valence-corrected chi connectivity index (χ0v) is 10.4. The summed E-state index contributed by atoms with van der Waals surface area (Å²) < 4.78 is 13.0. The highest BCUT2D eigenvalue weighted by molar-refractivity contribution is 6.00. The molecule has 0 saturated carbocycles. The van der Waals surface area contributed by atoms with E-state index in [9.17, 15) is 14.3 Å². The minimum atomic E-state index is -0.693. The summed E-state index contributed by atoms with van der Waals surface area (Å²) in [6.07, 6.45) is 1.15. The van der Waals surface area contributed by atoms with Crippen molar-refractivity contribution in [3.8, 4) is 5.75 Å². The van der Waals surface area contributed by atoms with Crippen molar-refractivity contribution in [1.29, 1.82) is 0 Å². The van der Waals surface area contributed by atoms with Gasteiger partial charge < -0.3 is 21.4 Å². The monoisotopic (exact) mass is 269 g/mol. The number of carbonyl (C=O) groups excluding carboxylic acids is 1. The first-order chi connectivity index (χ1) is 8.99. The van der Waals surface area contributed by atoms with Crippen LogP contribution in [-0.2, 0) is 0 Å². The van der Waals surface area contributed by atoms with E-state index in [1.807, 2.05) is 6.92 Å². The van der Waals surface area contributed by atoms with Gasteiger partial charge in [0.25, 0.3) is 5.91 Å². The summed E-state index contributed by atoms with van der Waals surface area (Å²) in [7, 11) is 0. The van der Waals surface area contributed by atoms with Gasteiger partial charge in [0.15, 0.2) is 5.84 Å². The fourth-order valence-electron chi connectivity index (χ4n) is 1.58. The molecule has 6 nitrogen and oxygen atoms in total. The van der Waals surface area contributed by atoms with E-state index < -0.39 is 17.8 Å². The maximum Gasteiger partial charge on any atom is 0.255 e. The number of nitrogens with one attached hydrogen (secondary N) is 1. The molecule has 19 heavy (non-hydrogen) atoms. The van der Waals surface area contributed by atoms with Gasteiger partial charge in [-0.05, 0) is 24.6 Å². The van der Waals surface area contributed by atoms with Crippen molar-refractivity contribution < 1.29 is 19.5 Å². The number of nitrogens with zero attached hydrogens (tertiary/aromatic N) is 1. The van der Waals surface area contributed by atoms with Crippen LogP contribution in [0.5, 0.6) is 5.75 Å². The average Bonchev–Trinajstić information content (AvgIpc) is 2.40. The Morgan fingerprint density at radius 3 is 2.84 bits per heavy atom. The number of hydrogen-bond acceptors (Lipinski definition) is 4. The number of halogens is 1. The van der Waals surface area contributed by atoms with Gasteiger partial charge in [-0.25, -0.2) is 4.39 Å². The summed E-state index contributed by atoms with van der Waals surface area (Å²) in [6, 6.07) is 2.37. The average molecular weight is 269 g/mol. The summed E-state index contributed by atoms with van der Waals surface area (Å²) in [4.78, 5) is 11.9. The number of oxime groups is 1. The number of phenols is 1. The van der Waals surface area contributed by atoms with Gasteiger partial charge in [0.05, 0.1) is 11.6 Å². The van der Waals surface area contributed by atoms with Crippen molar-refractivity contribution in [1.82, 2.24) is 5.32 Å². The second kappa shape index (κ2) is 6.58. The van der Waals surface area contributed by atoms with Crippen LogP contribution in [0.25, 0.3) is 0 Å². The van der Waals surface area contributed by atoms with Crippen LogP contribution in [-0.4, -0.2) is 28.1 Å². The third-order valence-corrected chi connectivity index (χ3v) is 2.56. The highest BCUT2D eigenvalue weighted by atomic mass is 19.1. The lowest BCUT2D eigenvalue weighted by Gasteiger charge is -2.16. The topological polar surface area (TPSA) is 108 Å². The van der Waals surface area contributed by atoms with Crippen LogP contribution in [0, 0.1) is 5.82 Å². The van der Waals surface area contributed by atoms with Crippen LogP contribution in [0.15, 0.2) is 23.4 Å². The van der Waals surface area contributed by atoms with E-state index in [1.54, 1.807) is 0 Å². The van der Waals surface area contributed by atoms with Crippen LogP contribution in [0.4, 0.5) is 4.39 Å². The number of nitrogens with two attached hydrogens (primary N) is 1. The lowest BCUT2D eigenvalue weighted by Crippen LogP contribution is -2.44. The first-order valence-corrected chi connectivity index (χ1v) is 5.76. The van der Waals surface area contributed by atoms with Gasteiger partial charge in [-0.3, -0.25) is 4.79 Å². The standard InChI is InChI=1S/C12H16FN3O3/c1-2-3-9(11(14)16-19)15-12(18)8-6-7(13)4-5-10(8)17/h4-6,9,17,19H,2-3H2,1H3,(H2,14,16)(H,15,18). The molecule has 1 amide bonds. The van der Waals surface area contributed by atoms with E-state index in [0.29, 0.717) is 12.8 Å². The lowest BCUT2D eigenvalue weighted by atomic mass is 10.1. The normalized spacial score (nSPS) is 13.1. The number of aromatic hydroxyl groups is 1. The molecule has 0 aliphatic heterocycles. The zero-order chi connectivity index (χ0) is 14.4. The maximum absolute atomic E-state index is 13.0. The van der Waals surface area contributed by atoms with Gasteiger partial charge in [-0.1, -0.05) is 18.5 Å². The third-order valence-electron chi connectivity index (χ3n) is 2.56. The molecule has 1 aromatic carbocycles. The molecule has 0 radical (unpaired) electrons. The Morgan fingerprint density at radius 1 is 1.58 bits per heavy atom. The summed E-state index contributed by atoms with van der Waals surface area (Å²) in [6.45, 7) is 1.86. The summed E-state index contributed by atoms with van der Waals surface area (Å²) >= 11 is 0. The Kier molecular flexibility index (Phi) is 5.11. The number of benzene rings is 1. The van der Waals surface area contributed by atoms with Crippen molar-refractivity contribution in [2.75, 3.05) is 0 Å². The highest BCUT2D eigenvalue weighted by Gasteiger charge is 2.19. The Hall–Kier alpha value is -2.31. The predicted octanol–water partition coefficient (Wildman–Crippen LogP) is 1.18. The van der Waals surface area contributed by atoms with Gasteiger partial charge in [0.1, 0.15) is 11.6 Å². The second-order valence-electron chi connectivity index (χ2n) is 4.00. The van der Waals surface area contributed by atoms with E-state index in [0.717, 1.165) is 18.2 Å². The van der Waals surface area contributed by atoms with Crippen LogP contribution < -0.4 is 11.1 Å². The lowest BCUT2D eigenvalue weighted by molar-refractivity contribution is 0.0941. The third kappa shape index (κ3) is 3.84. The summed E-state index contributed by atoms with van der Waals surface area (Å²) in [5.74, 6) is -1.82. The van der Waals surface area contributed by atoms with Crippen LogP contribution in [0.2, 0.25) is 0 Å². The van der Waals surface area contributed by atoms with Gasteiger partial charge >= 0.3 is 0 Å². The number of amidine groups is 1. The van der Waals surface area contributed by atoms with Crippen LogP contribution in [0.3, 0.4) is 0 Å². The van der Waals surface area contributed by atoms with Crippen LogP contribution in [0.1, 0.15) is 30.1 Å². The molecule has 104 valence electrons. The Bertz CT molecular complexity index is 491. The fourth-order valence-corrected chi connectivity index (χ4v) is 1.58. The van der Waals surface area contributed by atoms with Gasteiger partial charge in [-0.2, -0.15) is 0 Å². The summed E-state index contributed by atoms with van der Waals surface area (Å²) in [5.41, 5.74) is 5.24. The van der Waals surface area contributed by atoms with Crippen molar-refractivity contribution >= 4 is 11.7 Å². The zero-order valence-electron chi connectivity index (χ0n) is 10.4. The number of amides is 1. The molecule has 0 bridgehead atoms. The van der Waals surface area contributed by atoms with Gasteiger partial charge in [-0.15, -0.1) is 0 Å². The maximum atomic E-state index is 13.0. The quantitative estimate of drug-likeness (QED) is 0.278. The van der Waals surface area contributed by atoms with Crippen molar-refractivity contribution in [2.24, 2.45) is 10.9 Å². The molecule has 1 rings (SSSR count). The predicted molar refractivity (Wildman–Crippen MR) is 67.6 cm³/mol. The first kappa shape index (κ1) is 14.7. The summed E-state index contributed by atoms with van der Waals surface area (Å²) in [5, 5.41) is 23.4. The Morgan fingerprint density at radius 2 is 2.26 bits per heavy atom. The number of rotatable bonds is 5. The van der Waals surface area contributed by atoms with E-state index in [2.05, 4.69) is 10.5 Å². The smallest absolute Gasteiger partial charge is 0.255 e. The minimum absolute atomic E-state index is 0.147. The molecular formula is C12H16FN3O3. The molecule has 7 heteroatoms. The molecule has 0 aliphatic rings. The van der Waals surface area contributed by atoms with Crippen molar-refractivity contribution in [2.45, 2.75) is 25.8 Å². The molecule has 0 heterocycles. The molecule has 1 atom stereocenters. The molecular weight excluding hydrogens is 253 g/mol.